The van der Waals surface area contributed by atoms with Crippen molar-refractivity contribution in [2.45, 2.75) is 53.6 Å². The molecule has 0 spiro atoms. The van der Waals surface area contributed by atoms with E-state index in [4.69, 9.17) is 15.0 Å². The van der Waals surface area contributed by atoms with Crippen molar-refractivity contribution in [3.8, 4) is 0 Å². The van der Waals surface area contributed by atoms with Crippen LogP contribution < -0.4 is 5.73 Å². The van der Waals surface area contributed by atoms with E-state index < -0.39 is 0 Å². The predicted molar refractivity (Wildman–Crippen MR) is 74.8 cm³/mol. The van der Waals surface area contributed by atoms with Gasteiger partial charge in [0.2, 0.25) is 11.7 Å². The molecule has 0 fully saturated rings. The van der Waals surface area contributed by atoms with Gasteiger partial charge in [0.05, 0.1) is 5.92 Å². The normalized spacial score (nSPS) is 15.8. The Morgan fingerprint density at radius 1 is 1.32 bits per heavy atom. The topological polar surface area (TPSA) is 74.2 Å². The molecule has 0 bridgehead atoms. The molecule has 1 rings (SSSR count). The lowest BCUT2D eigenvalue weighted by Crippen LogP contribution is -2.23. The molecule has 2 atom stereocenters. The van der Waals surface area contributed by atoms with Crippen molar-refractivity contribution >= 4 is 0 Å². The van der Waals surface area contributed by atoms with Crippen LogP contribution in [0.3, 0.4) is 0 Å². The number of hydrogen-bond donors (Lipinski definition) is 1. The van der Waals surface area contributed by atoms with Gasteiger partial charge in [-0.15, -0.1) is 0 Å². The highest BCUT2D eigenvalue weighted by atomic mass is 16.5. The zero-order valence-electron chi connectivity index (χ0n) is 12.9. The summed E-state index contributed by atoms with van der Waals surface area (Å²) < 4.78 is 11.1. The molecule has 1 heterocycles. The van der Waals surface area contributed by atoms with Crippen LogP contribution in [0.1, 0.15) is 65.3 Å². The van der Waals surface area contributed by atoms with Crippen LogP contribution in [0.5, 0.6) is 0 Å². The molecular weight excluding hydrogens is 242 g/mol. The van der Waals surface area contributed by atoms with Crippen LogP contribution in [0.4, 0.5) is 0 Å². The fourth-order valence-electron chi connectivity index (χ4n) is 2.04. The molecule has 110 valence electrons. The SMILES string of the molecule is CCOC(c1noc(C(CN)C(C)C)n1)C(C)(C)C. The molecule has 0 aliphatic rings. The molecule has 2 N–H and O–H groups in total. The number of nitrogens with zero attached hydrogens (tertiary/aromatic N) is 2. The first-order chi connectivity index (χ1) is 8.81. The van der Waals surface area contributed by atoms with Gasteiger partial charge in [-0.2, -0.15) is 4.98 Å². The maximum Gasteiger partial charge on any atom is 0.231 e. The van der Waals surface area contributed by atoms with Gasteiger partial charge in [0, 0.05) is 13.2 Å². The second-order valence-electron chi connectivity index (χ2n) is 6.28. The molecule has 1 aromatic rings. The van der Waals surface area contributed by atoms with Gasteiger partial charge < -0.3 is 15.0 Å². The van der Waals surface area contributed by atoms with Crippen molar-refractivity contribution in [2.75, 3.05) is 13.2 Å². The number of hydrogen-bond acceptors (Lipinski definition) is 5. The molecule has 0 aliphatic heterocycles. The molecule has 0 saturated carbocycles. The van der Waals surface area contributed by atoms with E-state index in [9.17, 15) is 0 Å². The Morgan fingerprint density at radius 3 is 2.37 bits per heavy atom. The van der Waals surface area contributed by atoms with Gasteiger partial charge in [0.1, 0.15) is 6.10 Å². The summed E-state index contributed by atoms with van der Waals surface area (Å²) in [5.74, 6) is 1.70. The van der Waals surface area contributed by atoms with E-state index in [-0.39, 0.29) is 17.4 Å². The first kappa shape index (κ1) is 16.1. The molecule has 2 unspecified atom stereocenters. The van der Waals surface area contributed by atoms with Gasteiger partial charge in [-0.25, -0.2) is 0 Å². The number of nitrogens with two attached hydrogens (primary N) is 1. The second kappa shape index (κ2) is 6.48. The lowest BCUT2D eigenvalue weighted by Gasteiger charge is -2.27. The average molecular weight is 269 g/mol. The Hall–Kier alpha value is -0.940. The van der Waals surface area contributed by atoms with Crippen LogP contribution in [0.15, 0.2) is 4.52 Å². The molecule has 0 amide bonds. The standard InChI is InChI=1S/C14H27N3O2/c1-7-18-11(14(4,5)6)12-16-13(19-17-12)10(8-15)9(2)3/h9-11H,7-8,15H2,1-6H3. The molecule has 0 radical (unpaired) electrons. The van der Waals surface area contributed by atoms with Crippen LogP contribution in [0.2, 0.25) is 0 Å². The second-order valence-corrected chi connectivity index (χ2v) is 6.28. The monoisotopic (exact) mass is 269 g/mol. The van der Waals surface area contributed by atoms with Crippen LogP contribution in [0.25, 0.3) is 0 Å². The Bertz CT molecular complexity index is 382. The zero-order chi connectivity index (χ0) is 14.6. The van der Waals surface area contributed by atoms with Crippen LogP contribution in [0, 0.1) is 11.3 Å². The minimum Gasteiger partial charge on any atom is -0.370 e. The summed E-state index contributed by atoms with van der Waals surface area (Å²) in [6.45, 7) is 13.6. The maximum absolute atomic E-state index is 5.78. The predicted octanol–water partition coefficient (Wildman–Crippen LogP) is 2.89. The molecule has 1 aromatic heterocycles. The zero-order valence-corrected chi connectivity index (χ0v) is 12.9. The molecule has 0 aromatic carbocycles. The Labute approximate surface area is 115 Å². The highest BCUT2D eigenvalue weighted by Crippen LogP contribution is 2.35. The average Bonchev–Trinajstić information content (AvgIpc) is 2.73. The van der Waals surface area contributed by atoms with Gasteiger partial charge >= 0.3 is 0 Å². The summed E-state index contributed by atoms with van der Waals surface area (Å²) in [6.07, 6.45) is -0.166. The quantitative estimate of drug-likeness (QED) is 0.859. The van der Waals surface area contributed by atoms with Gasteiger partial charge in [-0.05, 0) is 18.3 Å². The molecule has 0 saturated heterocycles. The molecule has 5 nitrogen and oxygen atoms in total. The van der Waals surface area contributed by atoms with E-state index in [1.165, 1.54) is 0 Å². The number of ether oxygens (including phenoxy) is 1. The largest absolute Gasteiger partial charge is 0.370 e. The van der Waals surface area contributed by atoms with Crippen molar-refractivity contribution in [1.82, 2.24) is 10.1 Å². The fourth-order valence-corrected chi connectivity index (χ4v) is 2.04. The summed E-state index contributed by atoms with van der Waals surface area (Å²) in [4.78, 5) is 4.51. The highest BCUT2D eigenvalue weighted by Gasteiger charge is 2.32. The van der Waals surface area contributed by atoms with E-state index in [0.717, 1.165) is 0 Å². The van der Waals surface area contributed by atoms with E-state index >= 15 is 0 Å². The third-order valence-electron chi connectivity index (χ3n) is 3.19. The van der Waals surface area contributed by atoms with E-state index in [1.807, 2.05) is 6.92 Å². The number of rotatable bonds is 6. The van der Waals surface area contributed by atoms with Crippen molar-refractivity contribution < 1.29 is 9.26 Å². The maximum atomic E-state index is 5.78. The Morgan fingerprint density at radius 2 is 1.95 bits per heavy atom. The fraction of sp³-hybridized carbons (Fsp3) is 0.857. The summed E-state index contributed by atoms with van der Waals surface area (Å²) in [5.41, 5.74) is 5.70. The number of aromatic nitrogens is 2. The first-order valence-corrected chi connectivity index (χ1v) is 6.96. The lowest BCUT2D eigenvalue weighted by molar-refractivity contribution is -0.0203. The smallest absolute Gasteiger partial charge is 0.231 e. The van der Waals surface area contributed by atoms with Crippen molar-refractivity contribution in [2.24, 2.45) is 17.1 Å². The third-order valence-corrected chi connectivity index (χ3v) is 3.19. The van der Waals surface area contributed by atoms with E-state index in [0.29, 0.717) is 30.8 Å². The van der Waals surface area contributed by atoms with E-state index in [1.54, 1.807) is 0 Å². The Kier molecular flexibility index (Phi) is 5.50. The molecule has 0 aliphatic carbocycles. The third kappa shape index (κ3) is 4.01. The molecule has 19 heavy (non-hydrogen) atoms. The molecule has 5 heteroatoms. The van der Waals surface area contributed by atoms with Gasteiger partial charge in [-0.3, -0.25) is 0 Å². The van der Waals surface area contributed by atoms with Gasteiger partial charge in [-0.1, -0.05) is 39.8 Å². The van der Waals surface area contributed by atoms with Gasteiger partial charge in [0.15, 0.2) is 0 Å². The van der Waals surface area contributed by atoms with Crippen molar-refractivity contribution in [3.05, 3.63) is 11.7 Å². The minimum atomic E-state index is -0.166. The molecular formula is C14H27N3O2. The summed E-state index contributed by atoms with van der Waals surface area (Å²) >= 11 is 0. The minimum absolute atomic E-state index is 0.0762. The first-order valence-electron chi connectivity index (χ1n) is 6.96. The van der Waals surface area contributed by atoms with Crippen LogP contribution >= 0.6 is 0 Å². The summed E-state index contributed by atoms with van der Waals surface area (Å²) in [7, 11) is 0. The van der Waals surface area contributed by atoms with Crippen LogP contribution in [-0.2, 0) is 4.74 Å². The van der Waals surface area contributed by atoms with E-state index in [2.05, 4.69) is 44.8 Å². The van der Waals surface area contributed by atoms with Crippen molar-refractivity contribution in [1.29, 1.82) is 0 Å². The summed E-state index contributed by atoms with van der Waals surface area (Å²) in [6, 6.07) is 0. The van der Waals surface area contributed by atoms with Gasteiger partial charge in [0.25, 0.3) is 0 Å². The summed E-state index contributed by atoms with van der Waals surface area (Å²) in [5, 5.41) is 4.09. The highest BCUT2D eigenvalue weighted by molar-refractivity contribution is 5.01. The Balaban J connectivity index is 2.99. The van der Waals surface area contributed by atoms with Crippen LogP contribution in [-0.4, -0.2) is 23.3 Å². The lowest BCUT2D eigenvalue weighted by atomic mass is 9.88. The van der Waals surface area contributed by atoms with Crippen molar-refractivity contribution in [3.63, 3.8) is 0 Å².